The maximum Gasteiger partial charge on any atom is 0.123 e. The van der Waals surface area contributed by atoms with E-state index in [4.69, 9.17) is 0 Å². The molecule has 1 aromatic rings. The number of nitrogens with zero attached hydrogens (tertiary/aromatic N) is 3. The van der Waals surface area contributed by atoms with Crippen molar-refractivity contribution in [2.45, 2.75) is 12.5 Å². The van der Waals surface area contributed by atoms with Crippen LogP contribution in [-0.2, 0) is 0 Å². The van der Waals surface area contributed by atoms with Gasteiger partial charge in [0.25, 0.3) is 0 Å². The average molecular weight is 303 g/mol. The zero-order valence-electron chi connectivity index (χ0n) is 13.4. The molecule has 3 rings (SSSR count). The molecule has 0 aromatic heterocycles. The fourth-order valence-electron chi connectivity index (χ4n) is 3.37. The lowest BCUT2D eigenvalue weighted by Crippen LogP contribution is -2.49. The predicted octanol–water partition coefficient (Wildman–Crippen LogP) is 2.16. The van der Waals surface area contributed by atoms with E-state index >= 15 is 0 Å². The quantitative estimate of drug-likeness (QED) is 0.844. The van der Waals surface area contributed by atoms with Crippen molar-refractivity contribution in [3.05, 3.63) is 41.7 Å². The van der Waals surface area contributed by atoms with Crippen LogP contribution in [0.2, 0.25) is 0 Å². The normalized spacial score (nSPS) is 25.3. The summed E-state index contributed by atoms with van der Waals surface area (Å²) in [6.07, 6.45) is 5.57. The van der Waals surface area contributed by atoms with E-state index in [9.17, 15) is 4.39 Å². The van der Waals surface area contributed by atoms with Gasteiger partial charge in [-0.25, -0.2) is 4.39 Å². The van der Waals surface area contributed by atoms with Crippen molar-refractivity contribution in [1.82, 2.24) is 14.7 Å². The lowest BCUT2D eigenvalue weighted by molar-refractivity contribution is 0.114. The van der Waals surface area contributed by atoms with E-state index in [2.05, 4.69) is 33.9 Å². The third kappa shape index (κ3) is 4.15. The Kier molecular flexibility index (Phi) is 5.24. The van der Waals surface area contributed by atoms with Gasteiger partial charge >= 0.3 is 0 Å². The maximum absolute atomic E-state index is 12.9. The predicted molar refractivity (Wildman–Crippen MR) is 89.3 cm³/mol. The third-order valence-electron chi connectivity index (χ3n) is 4.85. The second-order valence-corrected chi connectivity index (χ2v) is 6.50. The average Bonchev–Trinajstić information content (AvgIpc) is 2.99. The summed E-state index contributed by atoms with van der Waals surface area (Å²) >= 11 is 0. The molecule has 0 saturated carbocycles. The summed E-state index contributed by atoms with van der Waals surface area (Å²) in [5, 5.41) is 0. The van der Waals surface area contributed by atoms with Crippen molar-refractivity contribution in [2.75, 3.05) is 52.9 Å². The summed E-state index contributed by atoms with van der Waals surface area (Å²) in [4.78, 5) is 7.58. The van der Waals surface area contributed by atoms with Gasteiger partial charge in [-0.3, -0.25) is 9.80 Å². The minimum absolute atomic E-state index is 0.174. The molecule has 2 saturated heterocycles. The van der Waals surface area contributed by atoms with Crippen LogP contribution in [0.5, 0.6) is 0 Å². The van der Waals surface area contributed by atoms with Crippen molar-refractivity contribution in [3.8, 4) is 0 Å². The van der Waals surface area contributed by atoms with Crippen LogP contribution < -0.4 is 0 Å². The van der Waals surface area contributed by atoms with Crippen LogP contribution in [0.25, 0.3) is 6.08 Å². The molecule has 0 amide bonds. The van der Waals surface area contributed by atoms with Crippen molar-refractivity contribution in [2.24, 2.45) is 0 Å². The molecule has 3 nitrogen and oxygen atoms in total. The van der Waals surface area contributed by atoms with Crippen molar-refractivity contribution in [1.29, 1.82) is 0 Å². The number of likely N-dealkylation sites (N-methyl/N-ethyl adjacent to an activating group) is 1. The van der Waals surface area contributed by atoms with Gasteiger partial charge in [-0.15, -0.1) is 0 Å². The van der Waals surface area contributed by atoms with Gasteiger partial charge in [0.1, 0.15) is 5.82 Å². The number of rotatable bonds is 4. The Hall–Kier alpha value is -1.23. The smallest absolute Gasteiger partial charge is 0.123 e. The number of likely N-dealkylation sites (tertiary alicyclic amines) is 1. The van der Waals surface area contributed by atoms with E-state index in [0.29, 0.717) is 0 Å². The Balaban J connectivity index is 1.44. The van der Waals surface area contributed by atoms with Crippen LogP contribution in [0.4, 0.5) is 4.39 Å². The molecule has 120 valence electrons. The zero-order chi connectivity index (χ0) is 15.4. The summed E-state index contributed by atoms with van der Waals surface area (Å²) in [5.41, 5.74) is 1.07. The molecule has 0 spiro atoms. The first-order valence-electron chi connectivity index (χ1n) is 8.28. The molecular formula is C18H26FN3. The number of piperazine rings is 1. The van der Waals surface area contributed by atoms with E-state index in [-0.39, 0.29) is 5.82 Å². The molecule has 1 aromatic carbocycles. The second-order valence-electron chi connectivity index (χ2n) is 6.50. The van der Waals surface area contributed by atoms with Crippen molar-refractivity contribution < 1.29 is 4.39 Å². The Morgan fingerprint density at radius 1 is 1.09 bits per heavy atom. The van der Waals surface area contributed by atoms with Crippen LogP contribution in [0.15, 0.2) is 30.3 Å². The number of benzene rings is 1. The van der Waals surface area contributed by atoms with Crippen LogP contribution in [0.3, 0.4) is 0 Å². The lowest BCUT2D eigenvalue weighted by atomic mass is 10.2. The topological polar surface area (TPSA) is 9.72 Å². The number of hydrogen-bond acceptors (Lipinski definition) is 3. The first-order valence-corrected chi connectivity index (χ1v) is 8.28. The van der Waals surface area contributed by atoms with Gasteiger partial charge in [0.05, 0.1) is 0 Å². The highest BCUT2D eigenvalue weighted by Crippen LogP contribution is 2.17. The molecule has 2 aliphatic rings. The van der Waals surface area contributed by atoms with Gasteiger partial charge in [0, 0.05) is 51.9 Å². The second kappa shape index (κ2) is 7.36. The molecule has 2 fully saturated rings. The molecule has 0 N–H and O–H groups in total. The van der Waals surface area contributed by atoms with Gasteiger partial charge in [0.2, 0.25) is 0 Å². The minimum Gasteiger partial charge on any atom is -0.304 e. The molecule has 2 aliphatic heterocycles. The van der Waals surface area contributed by atoms with Gasteiger partial charge in [-0.1, -0.05) is 24.3 Å². The Morgan fingerprint density at radius 3 is 2.55 bits per heavy atom. The summed E-state index contributed by atoms with van der Waals surface area (Å²) < 4.78 is 12.9. The summed E-state index contributed by atoms with van der Waals surface area (Å²) in [6, 6.07) is 7.40. The van der Waals surface area contributed by atoms with Crippen LogP contribution >= 0.6 is 0 Å². The van der Waals surface area contributed by atoms with Crippen LogP contribution in [0.1, 0.15) is 12.0 Å². The summed E-state index contributed by atoms with van der Waals surface area (Å²) in [5.74, 6) is -0.174. The van der Waals surface area contributed by atoms with E-state index < -0.39 is 0 Å². The van der Waals surface area contributed by atoms with Crippen LogP contribution in [-0.4, -0.2) is 73.6 Å². The van der Waals surface area contributed by atoms with Gasteiger partial charge in [0.15, 0.2) is 0 Å². The highest BCUT2D eigenvalue weighted by Gasteiger charge is 2.28. The van der Waals surface area contributed by atoms with Crippen LogP contribution in [0, 0.1) is 5.82 Å². The van der Waals surface area contributed by atoms with Gasteiger partial charge in [-0.05, 0) is 31.2 Å². The standard InChI is InChI=1S/C18H26FN3/c1-20-11-13-22(14-12-20)18-8-10-21(15-18)9-2-3-16-4-6-17(19)7-5-16/h2-7,18H,8-15H2,1H3/b3-2+/t18-/m0/s1. The van der Waals surface area contributed by atoms with Gasteiger partial charge in [-0.2, -0.15) is 0 Å². The van der Waals surface area contributed by atoms with E-state index in [1.165, 1.54) is 57.8 Å². The first kappa shape index (κ1) is 15.7. The van der Waals surface area contributed by atoms with Crippen molar-refractivity contribution in [3.63, 3.8) is 0 Å². The Bertz CT molecular complexity index is 492. The molecule has 1 atom stereocenters. The molecule has 4 heteroatoms. The Labute approximate surface area is 133 Å². The molecule has 0 radical (unpaired) electrons. The summed E-state index contributed by atoms with van der Waals surface area (Å²) in [7, 11) is 2.21. The van der Waals surface area contributed by atoms with Crippen molar-refractivity contribution >= 4 is 6.08 Å². The minimum atomic E-state index is -0.174. The molecule has 2 heterocycles. The maximum atomic E-state index is 12.9. The number of halogens is 1. The monoisotopic (exact) mass is 303 g/mol. The fourth-order valence-corrected chi connectivity index (χ4v) is 3.37. The SMILES string of the molecule is CN1CCN([C@H]2CCN(C/C=C/c3ccc(F)cc3)C2)CC1. The third-order valence-corrected chi connectivity index (χ3v) is 4.85. The first-order chi connectivity index (χ1) is 10.7. The van der Waals surface area contributed by atoms with E-state index in [0.717, 1.165) is 18.2 Å². The van der Waals surface area contributed by atoms with Gasteiger partial charge < -0.3 is 4.90 Å². The number of hydrogen-bond donors (Lipinski definition) is 0. The highest BCUT2D eigenvalue weighted by atomic mass is 19.1. The lowest BCUT2D eigenvalue weighted by Gasteiger charge is -2.36. The molecular weight excluding hydrogens is 277 g/mol. The molecule has 0 aliphatic carbocycles. The molecule has 0 bridgehead atoms. The Morgan fingerprint density at radius 2 is 1.82 bits per heavy atom. The molecule has 22 heavy (non-hydrogen) atoms. The molecule has 0 unspecified atom stereocenters. The van der Waals surface area contributed by atoms with E-state index in [1.807, 2.05) is 12.1 Å². The zero-order valence-corrected chi connectivity index (χ0v) is 13.4. The highest BCUT2D eigenvalue weighted by molar-refractivity contribution is 5.48. The van der Waals surface area contributed by atoms with E-state index in [1.54, 1.807) is 0 Å². The summed E-state index contributed by atoms with van der Waals surface area (Å²) in [6.45, 7) is 8.16. The largest absolute Gasteiger partial charge is 0.304 e. The fraction of sp³-hybridized carbons (Fsp3) is 0.556.